The first kappa shape index (κ1) is 22.4. The molecule has 11 heteroatoms. The average molecular weight is 444 g/mol. The summed E-state index contributed by atoms with van der Waals surface area (Å²) in [6.45, 7) is 3.10. The highest BCUT2D eigenvalue weighted by Crippen LogP contribution is 2.39. The number of aromatic nitrogens is 3. The third-order valence-corrected chi connectivity index (χ3v) is 4.59. The predicted octanol–water partition coefficient (Wildman–Crippen LogP) is 5.42. The second-order valence-corrected chi connectivity index (χ2v) is 7.31. The lowest BCUT2D eigenvalue weighted by molar-refractivity contribution is -0.138. The highest BCUT2D eigenvalue weighted by Gasteiger charge is 2.37. The van der Waals surface area contributed by atoms with Gasteiger partial charge in [-0.2, -0.15) is 26.3 Å². The molecule has 0 amide bonds. The molecule has 1 heterocycles. The van der Waals surface area contributed by atoms with Gasteiger partial charge in [-0.3, -0.25) is 0 Å². The number of anilines is 1. The number of nitrogens with zero attached hydrogens (tertiary/aromatic N) is 3. The smallest absolute Gasteiger partial charge is 0.417 e. The minimum Gasteiger partial charge on any atom is -0.478 e. The van der Waals surface area contributed by atoms with E-state index in [1.807, 2.05) is 0 Å². The van der Waals surface area contributed by atoms with E-state index in [1.165, 1.54) is 29.8 Å². The number of ether oxygens (including phenoxy) is 1. The topological polar surface area (TPSA) is 66.0 Å². The van der Waals surface area contributed by atoms with Crippen LogP contribution in [-0.2, 0) is 25.0 Å². The quantitative estimate of drug-likeness (QED) is 0.431. The number of hydrogen-bond donors (Lipinski definition) is 1. The first-order valence-electron chi connectivity index (χ1n) is 8.94. The van der Waals surface area contributed by atoms with Crippen molar-refractivity contribution in [2.45, 2.75) is 31.8 Å². The number of alkyl halides is 6. The third-order valence-electron chi connectivity index (χ3n) is 4.59. The Hall–Kier alpha value is -3.24. The van der Waals surface area contributed by atoms with Gasteiger partial charge in [0.05, 0.1) is 16.8 Å². The molecule has 3 aromatic rings. The summed E-state index contributed by atoms with van der Waals surface area (Å²) in [6.07, 6.45) is -9.16. The van der Waals surface area contributed by atoms with Gasteiger partial charge in [0, 0.05) is 12.6 Å². The summed E-state index contributed by atoms with van der Waals surface area (Å²) < 4.78 is 85.8. The van der Waals surface area contributed by atoms with Gasteiger partial charge < -0.3 is 15.0 Å². The van der Waals surface area contributed by atoms with E-state index in [2.05, 4.69) is 10.2 Å². The van der Waals surface area contributed by atoms with Crippen molar-refractivity contribution in [2.75, 3.05) is 5.73 Å². The highest BCUT2D eigenvalue weighted by molar-refractivity contribution is 5.61. The van der Waals surface area contributed by atoms with Crippen molar-refractivity contribution >= 4 is 5.69 Å². The molecule has 166 valence electrons. The Balaban J connectivity index is 1.98. The first-order chi connectivity index (χ1) is 14.2. The zero-order valence-electron chi connectivity index (χ0n) is 16.6. The molecule has 0 bridgehead atoms. The van der Waals surface area contributed by atoms with Crippen molar-refractivity contribution in [3.05, 3.63) is 59.4 Å². The monoisotopic (exact) mass is 444 g/mol. The van der Waals surface area contributed by atoms with Gasteiger partial charge in [0.1, 0.15) is 5.75 Å². The molecule has 1 aromatic heterocycles. The van der Waals surface area contributed by atoms with Crippen molar-refractivity contribution in [2.24, 2.45) is 7.05 Å². The number of benzene rings is 2. The normalized spacial score (nSPS) is 12.8. The Bertz CT molecular complexity index is 1100. The largest absolute Gasteiger partial charge is 0.478 e. The molecule has 0 aliphatic rings. The van der Waals surface area contributed by atoms with Crippen LogP contribution in [0.25, 0.3) is 11.4 Å². The second kappa shape index (κ2) is 7.47. The predicted molar refractivity (Wildman–Crippen MR) is 101 cm³/mol. The Kier molecular flexibility index (Phi) is 5.41. The van der Waals surface area contributed by atoms with Crippen molar-refractivity contribution in [3.8, 4) is 17.1 Å². The summed E-state index contributed by atoms with van der Waals surface area (Å²) in [4.78, 5) is 0. The molecule has 0 atom stereocenters. The van der Waals surface area contributed by atoms with Crippen LogP contribution in [0.15, 0.2) is 42.5 Å². The van der Waals surface area contributed by atoms with Crippen LogP contribution in [0.3, 0.4) is 0 Å². The zero-order chi connectivity index (χ0) is 23.2. The van der Waals surface area contributed by atoms with Gasteiger partial charge in [0.25, 0.3) is 0 Å². The minimum absolute atomic E-state index is 0.0294. The van der Waals surface area contributed by atoms with Gasteiger partial charge in [-0.1, -0.05) is 18.2 Å². The Labute approximate surface area is 173 Å². The molecular weight excluding hydrogens is 426 g/mol. The van der Waals surface area contributed by atoms with E-state index < -0.39 is 29.1 Å². The van der Waals surface area contributed by atoms with Crippen molar-refractivity contribution < 1.29 is 31.1 Å². The van der Waals surface area contributed by atoms with Crippen LogP contribution in [0.5, 0.6) is 5.75 Å². The minimum atomic E-state index is -4.59. The molecule has 2 aromatic carbocycles. The van der Waals surface area contributed by atoms with Gasteiger partial charge >= 0.3 is 12.4 Å². The standard InChI is InChI=1S/C20H18F6N4O/c1-18(2,31-15-9-8-11(10-14(15)27)19(21,22)23)17-29-28-16(30(17)3)12-6-4-5-7-13(12)20(24,25)26/h4-10H,27H2,1-3H3. The fourth-order valence-corrected chi connectivity index (χ4v) is 3.15. The number of nitrogens with two attached hydrogens (primary N) is 1. The molecule has 3 rings (SSSR count). The maximum atomic E-state index is 13.4. The lowest BCUT2D eigenvalue weighted by Crippen LogP contribution is -2.29. The maximum absolute atomic E-state index is 13.4. The van der Waals surface area contributed by atoms with Gasteiger partial charge in [0.15, 0.2) is 17.2 Å². The Morgan fingerprint density at radius 3 is 2.13 bits per heavy atom. The van der Waals surface area contributed by atoms with Gasteiger partial charge in [0.2, 0.25) is 0 Å². The summed E-state index contributed by atoms with van der Waals surface area (Å²) in [5.74, 6) is 0.0806. The van der Waals surface area contributed by atoms with Crippen molar-refractivity contribution in [3.63, 3.8) is 0 Å². The van der Waals surface area contributed by atoms with Crippen LogP contribution in [0.4, 0.5) is 32.0 Å². The first-order valence-corrected chi connectivity index (χ1v) is 8.94. The van der Waals surface area contributed by atoms with Crippen molar-refractivity contribution in [1.82, 2.24) is 14.8 Å². The molecular formula is C20H18F6N4O. The maximum Gasteiger partial charge on any atom is 0.417 e. The molecule has 31 heavy (non-hydrogen) atoms. The van der Waals surface area contributed by atoms with Gasteiger partial charge in [-0.05, 0) is 38.1 Å². The molecule has 0 aliphatic carbocycles. The average Bonchev–Trinajstić information content (AvgIpc) is 3.04. The molecule has 0 saturated heterocycles. The molecule has 2 N–H and O–H groups in total. The third kappa shape index (κ3) is 4.44. The van der Waals surface area contributed by atoms with E-state index in [1.54, 1.807) is 13.8 Å². The number of rotatable bonds is 4. The van der Waals surface area contributed by atoms with E-state index in [0.29, 0.717) is 0 Å². The lowest BCUT2D eigenvalue weighted by atomic mass is 10.1. The second-order valence-electron chi connectivity index (χ2n) is 7.31. The Morgan fingerprint density at radius 2 is 1.55 bits per heavy atom. The molecule has 0 spiro atoms. The Morgan fingerprint density at radius 1 is 0.903 bits per heavy atom. The highest BCUT2D eigenvalue weighted by atomic mass is 19.4. The fourth-order valence-electron chi connectivity index (χ4n) is 3.15. The summed E-state index contributed by atoms with van der Waals surface area (Å²) in [6, 6.07) is 7.58. The number of hydrogen-bond acceptors (Lipinski definition) is 4. The molecule has 0 saturated carbocycles. The summed E-state index contributed by atoms with van der Waals surface area (Å²) >= 11 is 0. The number of nitrogen functional groups attached to an aromatic ring is 1. The van der Waals surface area contributed by atoms with Crippen LogP contribution in [0, 0.1) is 0 Å². The van der Waals surface area contributed by atoms with Crippen LogP contribution >= 0.6 is 0 Å². The van der Waals surface area contributed by atoms with E-state index in [0.717, 1.165) is 24.3 Å². The van der Waals surface area contributed by atoms with Crippen LogP contribution in [0.1, 0.15) is 30.8 Å². The SMILES string of the molecule is Cn1c(-c2ccccc2C(F)(F)F)nnc1C(C)(C)Oc1ccc(C(F)(F)F)cc1N. The summed E-state index contributed by atoms with van der Waals surface area (Å²) in [5.41, 5.74) is 2.22. The van der Waals surface area contributed by atoms with Gasteiger partial charge in [-0.25, -0.2) is 0 Å². The van der Waals surface area contributed by atoms with Crippen molar-refractivity contribution in [1.29, 1.82) is 0 Å². The molecule has 5 nitrogen and oxygen atoms in total. The van der Waals surface area contributed by atoms with Crippen LogP contribution < -0.4 is 10.5 Å². The van der Waals surface area contributed by atoms with Crippen LogP contribution in [-0.4, -0.2) is 14.8 Å². The number of halogens is 6. The lowest BCUT2D eigenvalue weighted by Gasteiger charge is -2.26. The molecule has 0 radical (unpaired) electrons. The van der Waals surface area contributed by atoms with E-state index in [9.17, 15) is 26.3 Å². The molecule has 0 unspecified atom stereocenters. The van der Waals surface area contributed by atoms with E-state index in [-0.39, 0.29) is 28.6 Å². The summed E-state index contributed by atoms with van der Waals surface area (Å²) in [7, 11) is 1.47. The zero-order valence-corrected chi connectivity index (χ0v) is 16.6. The molecule has 0 fully saturated rings. The fraction of sp³-hybridized carbons (Fsp3) is 0.300. The molecule has 0 aliphatic heterocycles. The van der Waals surface area contributed by atoms with E-state index in [4.69, 9.17) is 10.5 Å². The van der Waals surface area contributed by atoms with Gasteiger partial charge in [-0.15, -0.1) is 10.2 Å². The summed E-state index contributed by atoms with van der Waals surface area (Å²) in [5, 5.41) is 7.86. The van der Waals surface area contributed by atoms with E-state index >= 15 is 0 Å². The van der Waals surface area contributed by atoms with Crippen LogP contribution in [0.2, 0.25) is 0 Å².